The third-order valence-electron chi connectivity index (χ3n) is 2.67. The number of hydrogen-bond donors (Lipinski definition) is 3. The van der Waals surface area contributed by atoms with Crippen LogP contribution in [0.4, 0.5) is 0 Å². The summed E-state index contributed by atoms with van der Waals surface area (Å²) in [6, 6.07) is -0.791. The fraction of sp³-hybridized carbons (Fsp3) is 0.778. The van der Waals surface area contributed by atoms with E-state index in [4.69, 9.17) is 5.73 Å². The Morgan fingerprint density at radius 2 is 2.25 bits per heavy atom. The summed E-state index contributed by atoms with van der Waals surface area (Å²) in [5.74, 6) is 0.411. The minimum atomic E-state index is -0.501. The minimum absolute atomic E-state index is 0.150. The fourth-order valence-corrected chi connectivity index (χ4v) is 1.24. The van der Waals surface area contributed by atoms with Gasteiger partial charge in [-0.05, 0) is 12.8 Å². The average molecular weight is 226 g/mol. The Balaban J connectivity index is 2.51. The highest BCUT2D eigenvalue weighted by atomic mass is 16.2. The lowest BCUT2D eigenvalue weighted by Crippen LogP contribution is -2.45. The van der Waals surface area contributed by atoms with Crippen LogP contribution in [0, 0.1) is 5.92 Å². The number of amides is 1. The van der Waals surface area contributed by atoms with Gasteiger partial charge in [0.15, 0.2) is 5.82 Å². The van der Waals surface area contributed by atoms with E-state index < -0.39 is 6.04 Å². The normalized spacial score (nSPS) is 16.5. The molecule has 0 bridgehead atoms. The maximum atomic E-state index is 11.7. The van der Waals surface area contributed by atoms with Crippen LogP contribution < -0.4 is 11.1 Å². The van der Waals surface area contributed by atoms with Gasteiger partial charge in [-0.15, -0.1) is 10.2 Å². The molecule has 0 saturated carbocycles. The van der Waals surface area contributed by atoms with E-state index in [1.165, 1.54) is 0 Å². The number of H-pyrrole nitrogens is 1. The molecule has 3 atom stereocenters. The first-order valence-electron chi connectivity index (χ1n) is 5.35. The molecule has 1 aromatic rings. The Morgan fingerprint density at radius 1 is 1.56 bits per heavy atom. The van der Waals surface area contributed by atoms with Crippen LogP contribution in [-0.4, -0.2) is 32.6 Å². The van der Waals surface area contributed by atoms with Gasteiger partial charge in [0, 0.05) is 0 Å². The summed E-state index contributed by atoms with van der Waals surface area (Å²) in [5.41, 5.74) is 5.80. The van der Waals surface area contributed by atoms with Gasteiger partial charge < -0.3 is 11.1 Å². The molecule has 0 radical (unpaired) electrons. The van der Waals surface area contributed by atoms with Crippen molar-refractivity contribution in [1.82, 2.24) is 25.9 Å². The quantitative estimate of drug-likeness (QED) is 0.641. The van der Waals surface area contributed by atoms with Crippen LogP contribution in [0.2, 0.25) is 0 Å². The van der Waals surface area contributed by atoms with Gasteiger partial charge in [0.25, 0.3) is 0 Å². The number of tetrazole rings is 1. The standard InChI is InChI=1S/C9H18N6O/c1-4-5(2)7(10)9(16)11-6(3)8-12-14-15-13-8/h5-7H,4,10H2,1-3H3,(H,11,16)(H,12,13,14,15)/t5-,6?,7-/m0/s1. The van der Waals surface area contributed by atoms with Crippen LogP contribution in [0.25, 0.3) is 0 Å². The molecule has 4 N–H and O–H groups in total. The molecule has 1 unspecified atom stereocenters. The van der Waals surface area contributed by atoms with E-state index in [0.29, 0.717) is 5.82 Å². The molecule has 1 rings (SSSR count). The van der Waals surface area contributed by atoms with Crippen LogP contribution in [-0.2, 0) is 4.79 Å². The molecule has 7 nitrogen and oxygen atoms in total. The van der Waals surface area contributed by atoms with Gasteiger partial charge in [0.05, 0.1) is 12.1 Å². The number of nitrogens with zero attached hydrogens (tertiary/aromatic N) is 3. The summed E-state index contributed by atoms with van der Waals surface area (Å²) in [5, 5.41) is 16.1. The van der Waals surface area contributed by atoms with Crippen molar-refractivity contribution >= 4 is 5.91 Å². The topological polar surface area (TPSA) is 110 Å². The van der Waals surface area contributed by atoms with Gasteiger partial charge in [0.1, 0.15) is 0 Å². The molecule has 1 heterocycles. The van der Waals surface area contributed by atoms with Crippen LogP contribution in [0.1, 0.15) is 39.1 Å². The van der Waals surface area contributed by atoms with Crippen molar-refractivity contribution in [1.29, 1.82) is 0 Å². The first-order valence-corrected chi connectivity index (χ1v) is 5.35. The Bertz CT molecular complexity index is 325. The van der Waals surface area contributed by atoms with E-state index >= 15 is 0 Å². The molecule has 0 fully saturated rings. The molecule has 1 aromatic heterocycles. The molecule has 0 aliphatic heterocycles. The van der Waals surface area contributed by atoms with Crippen LogP contribution in [0.5, 0.6) is 0 Å². The van der Waals surface area contributed by atoms with Gasteiger partial charge in [-0.25, -0.2) is 0 Å². The number of rotatable bonds is 5. The van der Waals surface area contributed by atoms with Gasteiger partial charge in [0.2, 0.25) is 5.91 Å². The zero-order chi connectivity index (χ0) is 12.1. The lowest BCUT2D eigenvalue weighted by atomic mass is 9.99. The highest BCUT2D eigenvalue weighted by Gasteiger charge is 2.22. The molecular weight excluding hydrogens is 208 g/mol. The van der Waals surface area contributed by atoms with Crippen molar-refractivity contribution in [2.45, 2.75) is 39.3 Å². The first kappa shape index (κ1) is 12.6. The summed E-state index contributed by atoms with van der Waals surface area (Å²) in [7, 11) is 0. The number of nitrogens with two attached hydrogens (primary N) is 1. The Hall–Kier alpha value is -1.50. The van der Waals surface area contributed by atoms with E-state index in [-0.39, 0.29) is 17.9 Å². The Morgan fingerprint density at radius 3 is 2.75 bits per heavy atom. The highest BCUT2D eigenvalue weighted by Crippen LogP contribution is 2.08. The van der Waals surface area contributed by atoms with E-state index in [9.17, 15) is 4.79 Å². The SMILES string of the molecule is CC[C@H](C)[C@H](N)C(=O)NC(C)c1nn[nH]n1. The van der Waals surface area contributed by atoms with Crippen molar-refractivity contribution in [2.75, 3.05) is 0 Å². The van der Waals surface area contributed by atoms with E-state index in [0.717, 1.165) is 6.42 Å². The summed E-state index contributed by atoms with van der Waals surface area (Å²) >= 11 is 0. The zero-order valence-corrected chi connectivity index (χ0v) is 9.77. The molecule has 7 heteroatoms. The predicted molar refractivity (Wildman–Crippen MR) is 58.2 cm³/mol. The van der Waals surface area contributed by atoms with Gasteiger partial charge in [-0.1, -0.05) is 25.5 Å². The maximum absolute atomic E-state index is 11.7. The fourth-order valence-electron chi connectivity index (χ4n) is 1.24. The number of carbonyl (C=O) groups excluding carboxylic acids is 1. The first-order chi connectivity index (χ1) is 7.56. The van der Waals surface area contributed by atoms with Crippen molar-refractivity contribution in [2.24, 2.45) is 11.7 Å². The summed E-state index contributed by atoms with van der Waals surface area (Å²) < 4.78 is 0. The molecule has 0 aliphatic carbocycles. The summed E-state index contributed by atoms with van der Waals surface area (Å²) in [4.78, 5) is 11.7. The van der Waals surface area contributed by atoms with Crippen molar-refractivity contribution in [3.05, 3.63) is 5.82 Å². The Labute approximate surface area is 94.2 Å². The summed E-state index contributed by atoms with van der Waals surface area (Å²) in [6.45, 7) is 5.73. The van der Waals surface area contributed by atoms with Gasteiger partial charge >= 0.3 is 0 Å². The predicted octanol–water partition coefficient (Wildman–Crippen LogP) is -0.250. The number of carbonyl (C=O) groups is 1. The second kappa shape index (κ2) is 5.55. The molecule has 0 aromatic carbocycles. The molecule has 16 heavy (non-hydrogen) atoms. The third kappa shape index (κ3) is 2.99. The second-order valence-corrected chi connectivity index (χ2v) is 3.91. The van der Waals surface area contributed by atoms with Crippen molar-refractivity contribution < 1.29 is 4.79 Å². The lowest BCUT2D eigenvalue weighted by molar-refractivity contribution is -0.124. The molecule has 0 saturated heterocycles. The van der Waals surface area contributed by atoms with Crippen LogP contribution in [0.15, 0.2) is 0 Å². The third-order valence-corrected chi connectivity index (χ3v) is 2.67. The van der Waals surface area contributed by atoms with Crippen molar-refractivity contribution in [3.63, 3.8) is 0 Å². The smallest absolute Gasteiger partial charge is 0.237 e. The molecular formula is C9H18N6O. The van der Waals surface area contributed by atoms with Crippen LogP contribution >= 0.6 is 0 Å². The van der Waals surface area contributed by atoms with Gasteiger partial charge in [-0.3, -0.25) is 4.79 Å². The lowest BCUT2D eigenvalue weighted by Gasteiger charge is -2.19. The minimum Gasteiger partial charge on any atom is -0.345 e. The summed E-state index contributed by atoms with van der Waals surface area (Å²) in [6.07, 6.45) is 0.866. The highest BCUT2D eigenvalue weighted by molar-refractivity contribution is 5.82. The Kier molecular flexibility index (Phi) is 4.36. The van der Waals surface area contributed by atoms with E-state index in [2.05, 4.69) is 25.9 Å². The largest absolute Gasteiger partial charge is 0.345 e. The zero-order valence-electron chi connectivity index (χ0n) is 9.77. The molecule has 90 valence electrons. The number of nitrogens with one attached hydrogen (secondary N) is 2. The number of aromatic amines is 1. The molecule has 0 aliphatic rings. The monoisotopic (exact) mass is 226 g/mol. The van der Waals surface area contributed by atoms with Crippen LogP contribution in [0.3, 0.4) is 0 Å². The number of hydrogen-bond acceptors (Lipinski definition) is 5. The van der Waals surface area contributed by atoms with Crippen molar-refractivity contribution in [3.8, 4) is 0 Å². The van der Waals surface area contributed by atoms with E-state index in [1.54, 1.807) is 6.92 Å². The molecule has 1 amide bonds. The molecule has 0 spiro atoms. The van der Waals surface area contributed by atoms with Gasteiger partial charge in [-0.2, -0.15) is 5.21 Å². The average Bonchev–Trinajstić information content (AvgIpc) is 2.80. The van der Waals surface area contributed by atoms with E-state index in [1.807, 2.05) is 13.8 Å². The maximum Gasteiger partial charge on any atom is 0.237 e. The second-order valence-electron chi connectivity index (χ2n) is 3.91. The number of aromatic nitrogens is 4.